The van der Waals surface area contributed by atoms with E-state index in [2.05, 4.69) is 25.6 Å². The fraction of sp³-hybridized carbons (Fsp3) is 1.00. The monoisotopic (exact) mass is 298 g/mol. The first kappa shape index (κ1) is 15.2. The summed E-state index contributed by atoms with van der Waals surface area (Å²) in [6, 6.07) is 0. The second-order valence-corrected chi connectivity index (χ2v) is 9.36. The van der Waals surface area contributed by atoms with Crippen molar-refractivity contribution in [1.82, 2.24) is 0 Å². The SMILES string of the molecule is CC1(C)CCCC(O)(C2CCOC3(CCSCC3)C2)C1. The van der Waals surface area contributed by atoms with Crippen molar-refractivity contribution in [3.05, 3.63) is 0 Å². The van der Waals surface area contributed by atoms with Crippen LogP contribution in [0.25, 0.3) is 0 Å². The molecule has 2 nitrogen and oxygen atoms in total. The smallest absolute Gasteiger partial charge is 0.0702 e. The average Bonchev–Trinajstić information content (AvgIpc) is 2.38. The molecule has 0 aromatic rings. The molecule has 3 heteroatoms. The minimum Gasteiger partial charge on any atom is -0.390 e. The Morgan fingerprint density at radius 3 is 2.55 bits per heavy atom. The molecule has 2 aliphatic heterocycles. The Balaban J connectivity index is 1.72. The van der Waals surface area contributed by atoms with Gasteiger partial charge in [0.1, 0.15) is 0 Å². The van der Waals surface area contributed by atoms with Gasteiger partial charge in [-0.3, -0.25) is 0 Å². The summed E-state index contributed by atoms with van der Waals surface area (Å²) in [6.07, 6.45) is 8.97. The molecule has 116 valence electrons. The molecule has 2 saturated heterocycles. The fourth-order valence-electron chi connectivity index (χ4n) is 4.81. The molecule has 0 radical (unpaired) electrons. The average molecular weight is 298 g/mol. The number of hydrogen-bond acceptors (Lipinski definition) is 3. The lowest BCUT2D eigenvalue weighted by Crippen LogP contribution is -2.52. The molecule has 20 heavy (non-hydrogen) atoms. The number of aliphatic hydroxyl groups is 1. The Morgan fingerprint density at radius 1 is 1.10 bits per heavy atom. The molecule has 0 aromatic heterocycles. The van der Waals surface area contributed by atoms with Crippen LogP contribution >= 0.6 is 11.8 Å². The number of hydrogen-bond donors (Lipinski definition) is 1. The van der Waals surface area contributed by atoms with Crippen LogP contribution in [0.2, 0.25) is 0 Å². The van der Waals surface area contributed by atoms with Gasteiger partial charge in [0.2, 0.25) is 0 Å². The molecule has 0 aromatic carbocycles. The van der Waals surface area contributed by atoms with Crippen molar-refractivity contribution in [3.63, 3.8) is 0 Å². The van der Waals surface area contributed by atoms with Crippen LogP contribution in [0.1, 0.15) is 65.2 Å². The molecule has 1 N–H and O–H groups in total. The topological polar surface area (TPSA) is 29.5 Å². The van der Waals surface area contributed by atoms with Gasteiger partial charge in [-0.1, -0.05) is 20.3 Å². The number of thioether (sulfide) groups is 1. The first-order valence-electron chi connectivity index (χ1n) is 8.37. The summed E-state index contributed by atoms with van der Waals surface area (Å²) in [4.78, 5) is 0. The summed E-state index contributed by atoms with van der Waals surface area (Å²) in [7, 11) is 0. The van der Waals surface area contributed by atoms with E-state index < -0.39 is 5.60 Å². The molecule has 1 spiro atoms. The molecule has 2 atom stereocenters. The van der Waals surface area contributed by atoms with Crippen LogP contribution < -0.4 is 0 Å². The van der Waals surface area contributed by atoms with Gasteiger partial charge in [-0.25, -0.2) is 0 Å². The summed E-state index contributed by atoms with van der Waals surface area (Å²) < 4.78 is 6.20. The minimum absolute atomic E-state index is 0.103. The van der Waals surface area contributed by atoms with E-state index in [-0.39, 0.29) is 5.60 Å². The van der Waals surface area contributed by atoms with E-state index in [1.165, 1.54) is 37.2 Å². The Kier molecular flexibility index (Phi) is 4.16. The molecular formula is C17H30O2S. The zero-order chi connectivity index (χ0) is 14.3. The van der Waals surface area contributed by atoms with Crippen LogP contribution in [0.4, 0.5) is 0 Å². The van der Waals surface area contributed by atoms with E-state index in [9.17, 15) is 5.11 Å². The zero-order valence-corrected chi connectivity index (χ0v) is 13.9. The van der Waals surface area contributed by atoms with E-state index in [1.807, 2.05) is 0 Å². The van der Waals surface area contributed by atoms with E-state index in [1.54, 1.807) is 0 Å². The van der Waals surface area contributed by atoms with Crippen LogP contribution in [0.3, 0.4) is 0 Å². The van der Waals surface area contributed by atoms with Crippen molar-refractivity contribution in [2.45, 2.75) is 76.4 Å². The van der Waals surface area contributed by atoms with Crippen molar-refractivity contribution in [2.24, 2.45) is 11.3 Å². The maximum atomic E-state index is 11.3. The van der Waals surface area contributed by atoms with Crippen molar-refractivity contribution in [1.29, 1.82) is 0 Å². The highest BCUT2D eigenvalue weighted by atomic mass is 32.2. The predicted molar refractivity (Wildman–Crippen MR) is 85.2 cm³/mol. The lowest BCUT2D eigenvalue weighted by Gasteiger charge is -2.51. The normalized spacial score (nSPS) is 40.6. The highest BCUT2D eigenvalue weighted by molar-refractivity contribution is 7.99. The van der Waals surface area contributed by atoms with E-state index in [4.69, 9.17) is 4.74 Å². The Hall–Kier alpha value is 0.270. The summed E-state index contributed by atoms with van der Waals surface area (Å²) in [5.41, 5.74) is -0.0184. The van der Waals surface area contributed by atoms with Gasteiger partial charge in [-0.15, -0.1) is 0 Å². The standard InChI is InChI=1S/C17H30O2S/c1-15(2)5-3-6-17(18,13-15)14-4-9-19-16(12-14)7-10-20-11-8-16/h14,18H,3-13H2,1-2H3. The second-order valence-electron chi connectivity index (χ2n) is 8.13. The summed E-state index contributed by atoms with van der Waals surface area (Å²) in [5.74, 6) is 2.92. The number of rotatable bonds is 1. The van der Waals surface area contributed by atoms with Gasteiger partial charge in [0.15, 0.2) is 0 Å². The van der Waals surface area contributed by atoms with Crippen LogP contribution in [-0.4, -0.2) is 34.4 Å². The molecule has 3 rings (SSSR count). The second kappa shape index (κ2) is 5.48. The molecule has 2 heterocycles. The van der Waals surface area contributed by atoms with E-state index in [0.29, 0.717) is 11.3 Å². The van der Waals surface area contributed by atoms with Crippen LogP contribution in [0, 0.1) is 11.3 Å². The highest BCUT2D eigenvalue weighted by Gasteiger charge is 2.49. The van der Waals surface area contributed by atoms with Crippen molar-refractivity contribution in [3.8, 4) is 0 Å². The van der Waals surface area contributed by atoms with Gasteiger partial charge < -0.3 is 9.84 Å². The van der Waals surface area contributed by atoms with Gasteiger partial charge in [-0.05, 0) is 67.8 Å². The summed E-state index contributed by atoms with van der Waals surface area (Å²) >= 11 is 2.06. The molecule has 3 fully saturated rings. The maximum absolute atomic E-state index is 11.3. The molecule has 3 aliphatic rings. The third kappa shape index (κ3) is 3.05. The van der Waals surface area contributed by atoms with Gasteiger partial charge in [0.25, 0.3) is 0 Å². The largest absolute Gasteiger partial charge is 0.390 e. The summed E-state index contributed by atoms with van der Waals surface area (Å²) in [6.45, 7) is 5.50. The molecular weight excluding hydrogens is 268 g/mol. The molecule has 1 saturated carbocycles. The summed E-state index contributed by atoms with van der Waals surface area (Å²) in [5, 5.41) is 11.3. The Labute approximate surface area is 128 Å². The van der Waals surface area contributed by atoms with Crippen LogP contribution in [-0.2, 0) is 4.74 Å². The lowest BCUT2D eigenvalue weighted by atomic mass is 9.62. The zero-order valence-electron chi connectivity index (χ0n) is 13.1. The lowest BCUT2D eigenvalue weighted by molar-refractivity contribution is -0.165. The highest BCUT2D eigenvalue weighted by Crippen LogP contribution is 2.50. The molecule has 1 aliphatic carbocycles. The van der Waals surface area contributed by atoms with Crippen molar-refractivity contribution >= 4 is 11.8 Å². The van der Waals surface area contributed by atoms with E-state index >= 15 is 0 Å². The number of ether oxygens (including phenoxy) is 1. The Bertz CT molecular complexity index is 343. The van der Waals surface area contributed by atoms with Gasteiger partial charge >= 0.3 is 0 Å². The maximum Gasteiger partial charge on any atom is 0.0702 e. The predicted octanol–water partition coefficient (Wildman–Crippen LogP) is 4.01. The molecule has 2 unspecified atom stereocenters. The quantitative estimate of drug-likeness (QED) is 0.793. The third-order valence-electron chi connectivity index (χ3n) is 5.90. The van der Waals surface area contributed by atoms with Gasteiger partial charge in [0, 0.05) is 6.61 Å². The Morgan fingerprint density at radius 2 is 1.85 bits per heavy atom. The van der Waals surface area contributed by atoms with Crippen molar-refractivity contribution < 1.29 is 9.84 Å². The van der Waals surface area contributed by atoms with Crippen LogP contribution in [0.15, 0.2) is 0 Å². The first-order valence-corrected chi connectivity index (χ1v) is 9.53. The minimum atomic E-state index is -0.427. The van der Waals surface area contributed by atoms with Crippen LogP contribution in [0.5, 0.6) is 0 Å². The fourth-order valence-corrected chi connectivity index (χ4v) is 6.04. The van der Waals surface area contributed by atoms with Gasteiger partial charge in [-0.2, -0.15) is 11.8 Å². The van der Waals surface area contributed by atoms with Crippen molar-refractivity contribution in [2.75, 3.05) is 18.1 Å². The molecule has 0 amide bonds. The first-order chi connectivity index (χ1) is 9.43. The third-order valence-corrected chi connectivity index (χ3v) is 6.89. The van der Waals surface area contributed by atoms with E-state index in [0.717, 1.165) is 32.3 Å². The van der Waals surface area contributed by atoms with Gasteiger partial charge in [0.05, 0.1) is 11.2 Å². The molecule has 0 bridgehead atoms.